The maximum Gasteiger partial charge on any atom is 0.260 e. The van der Waals surface area contributed by atoms with Gasteiger partial charge in [0.05, 0.1) is 15.7 Å². The van der Waals surface area contributed by atoms with Gasteiger partial charge in [0.15, 0.2) is 0 Å². The second-order valence-corrected chi connectivity index (χ2v) is 8.87. The minimum Gasteiger partial charge on any atom is -0.356 e. The highest BCUT2D eigenvalue weighted by molar-refractivity contribution is 6.43. The number of piperidine rings is 1. The van der Waals surface area contributed by atoms with E-state index in [9.17, 15) is 4.79 Å². The molecular weight excluding hydrogens is 395 g/mol. The molecule has 0 atom stereocenters. The van der Waals surface area contributed by atoms with E-state index in [1.807, 2.05) is 6.92 Å². The molecule has 0 N–H and O–H groups in total. The molecule has 1 aromatic heterocycles. The van der Waals surface area contributed by atoms with E-state index < -0.39 is 0 Å². The Balaban J connectivity index is 1.58. The third-order valence-corrected chi connectivity index (χ3v) is 7.09. The van der Waals surface area contributed by atoms with Gasteiger partial charge in [0.1, 0.15) is 11.6 Å². The molecule has 28 heavy (non-hydrogen) atoms. The van der Waals surface area contributed by atoms with Crippen LogP contribution in [0.15, 0.2) is 29.1 Å². The first-order chi connectivity index (χ1) is 13.4. The molecule has 0 spiro atoms. The molecule has 2 aliphatic rings. The number of benzene rings is 1. The highest BCUT2D eigenvalue weighted by Gasteiger charge is 2.37. The standard InChI is InChI=1S/C21H26Cl2N4O/c1-15-24-18(14-19(28)27(15)17-7-5-6-16(22)20(17)23)25-12-8-21(2,9-13-25)26-10-3-4-11-26/h5-7,14H,3-4,8-13H2,1-2H3. The summed E-state index contributed by atoms with van der Waals surface area (Å²) in [6, 6.07) is 6.89. The molecule has 3 heterocycles. The number of anilines is 1. The van der Waals surface area contributed by atoms with Crippen molar-refractivity contribution in [1.29, 1.82) is 0 Å². The zero-order valence-electron chi connectivity index (χ0n) is 16.4. The van der Waals surface area contributed by atoms with Crippen LogP contribution in [-0.4, -0.2) is 46.2 Å². The van der Waals surface area contributed by atoms with Gasteiger partial charge < -0.3 is 4.90 Å². The van der Waals surface area contributed by atoms with Crippen molar-refractivity contribution in [1.82, 2.24) is 14.5 Å². The van der Waals surface area contributed by atoms with Crippen LogP contribution in [-0.2, 0) is 0 Å². The summed E-state index contributed by atoms with van der Waals surface area (Å²) >= 11 is 12.4. The maximum atomic E-state index is 12.9. The fraction of sp³-hybridized carbons (Fsp3) is 0.524. The summed E-state index contributed by atoms with van der Waals surface area (Å²) in [4.78, 5) is 22.5. The molecule has 2 aliphatic heterocycles. The van der Waals surface area contributed by atoms with Crippen LogP contribution in [0.2, 0.25) is 10.0 Å². The van der Waals surface area contributed by atoms with Crippen molar-refractivity contribution < 1.29 is 0 Å². The minimum absolute atomic E-state index is 0.139. The largest absolute Gasteiger partial charge is 0.356 e. The molecule has 0 aliphatic carbocycles. The van der Waals surface area contributed by atoms with E-state index in [-0.39, 0.29) is 11.1 Å². The van der Waals surface area contributed by atoms with Gasteiger partial charge in [-0.05, 0) is 64.8 Å². The number of aromatic nitrogens is 2. The van der Waals surface area contributed by atoms with Gasteiger partial charge in [0.2, 0.25) is 0 Å². The van der Waals surface area contributed by atoms with Crippen LogP contribution in [0.4, 0.5) is 5.82 Å². The summed E-state index contributed by atoms with van der Waals surface area (Å²) in [6.07, 6.45) is 4.81. The highest BCUT2D eigenvalue weighted by atomic mass is 35.5. The molecule has 5 nitrogen and oxygen atoms in total. The second kappa shape index (κ2) is 7.69. The van der Waals surface area contributed by atoms with E-state index in [4.69, 9.17) is 28.2 Å². The van der Waals surface area contributed by atoms with Gasteiger partial charge in [-0.3, -0.25) is 14.3 Å². The van der Waals surface area contributed by atoms with Crippen molar-refractivity contribution in [3.63, 3.8) is 0 Å². The highest BCUT2D eigenvalue weighted by Crippen LogP contribution is 2.33. The number of likely N-dealkylation sites (tertiary alicyclic amines) is 1. The Hall–Kier alpha value is -1.56. The number of halogens is 2. The summed E-state index contributed by atoms with van der Waals surface area (Å²) < 4.78 is 1.52. The number of aryl methyl sites for hydroxylation is 1. The van der Waals surface area contributed by atoms with Gasteiger partial charge in [-0.1, -0.05) is 29.3 Å². The van der Waals surface area contributed by atoms with E-state index in [0.29, 0.717) is 21.6 Å². The lowest BCUT2D eigenvalue weighted by Gasteiger charge is -2.45. The summed E-state index contributed by atoms with van der Waals surface area (Å²) in [5.74, 6) is 1.36. The Kier molecular flexibility index (Phi) is 5.43. The predicted octanol–water partition coefficient (Wildman–Crippen LogP) is 4.30. The van der Waals surface area contributed by atoms with Crippen molar-refractivity contribution in [2.24, 2.45) is 0 Å². The third kappa shape index (κ3) is 3.56. The van der Waals surface area contributed by atoms with Crippen molar-refractivity contribution in [2.45, 2.75) is 45.1 Å². The first-order valence-electron chi connectivity index (χ1n) is 9.94. The van der Waals surface area contributed by atoms with Gasteiger partial charge >= 0.3 is 0 Å². The minimum atomic E-state index is -0.139. The first kappa shape index (κ1) is 19.7. The van der Waals surface area contributed by atoms with Crippen LogP contribution in [0.1, 0.15) is 38.4 Å². The van der Waals surface area contributed by atoms with Crippen LogP contribution < -0.4 is 10.5 Å². The Morgan fingerprint density at radius 2 is 1.75 bits per heavy atom. The Bertz CT molecular complexity index is 928. The topological polar surface area (TPSA) is 41.4 Å². The molecule has 2 saturated heterocycles. The van der Waals surface area contributed by atoms with Crippen molar-refractivity contribution in [3.05, 3.63) is 50.5 Å². The number of rotatable bonds is 3. The molecule has 0 amide bonds. The zero-order chi connectivity index (χ0) is 19.9. The maximum absolute atomic E-state index is 12.9. The van der Waals surface area contributed by atoms with Crippen LogP contribution in [0.25, 0.3) is 5.69 Å². The van der Waals surface area contributed by atoms with Gasteiger partial charge in [0.25, 0.3) is 5.56 Å². The number of hydrogen-bond acceptors (Lipinski definition) is 4. The lowest BCUT2D eigenvalue weighted by Crippen LogP contribution is -2.52. The third-order valence-electron chi connectivity index (χ3n) is 6.28. The molecule has 150 valence electrons. The molecule has 1 aromatic carbocycles. The molecule has 0 bridgehead atoms. The lowest BCUT2D eigenvalue weighted by atomic mass is 9.88. The predicted molar refractivity (Wildman–Crippen MR) is 115 cm³/mol. The van der Waals surface area contributed by atoms with E-state index in [2.05, 4.69) is 16.7 Å². The fourth-order valence-electron chi connectivity index (χ4n) is 4.49. The van der Waals surface area contributed by atoms with Crippen molar-refractivity contribution >= 4 is 29.0 Å². The molecule has 0 saturated carbocycles. The lowest BCUT2D eigenvalue weighted by molar-refractivity contribution is 0.105. The molecule has 7 heteroatoms. The summed E-state index contributed by atoms with van der Waals surface area (Å²) in [6.45, 7) is 8.48. The number of nitrogens with zero attached hydrogens (tertiary/aromatic N) is 4. The molecule has 4 rings (SSSR count). The molecular formula is C21H26Cl2N4O. The molecule has 0 radical (unpaired) electrons. The molecule has 2 fully saturated rings. The van der Waals surface area contributed by atoms with E-state index >= 15 is 0 Å². The fourth-order valence-corrected chi connectivity index (χ4v) is 4.87. The number of hydrogen-bond donors (Lipinski definition) is 0. The van der Waals surface area contributed by atoms with Gasteiger partial charge in [0, 0.05) is 24.7 Å². The first-order valence-corrected chi connectivity index (χ1v) is 10.7. The molecule has 0 unspecified atom stereocenters. The van der Waals surface area contributed by atoms with E-state index in [1.54, 1.807) is 24.3 Å². The van der Waals surface area contributed by atoms with Crippen LogP contribution in [0.3, 0.4) is 0 Å². The van der Waals surface area contributed by atoms with Crippen LogP contribution in [0.5, 0.6) is 0 Å². The van der Waals surface area contributed by atoms with E-state index in [1.165, 1.54) is 30.5 Å². The monoisotopic (exact) mass is 420 g/mol. The second-order valence-electron chi connectivity index (χ2n) is 8.09. The molecule has 2 aromatic rings. The van der Waals surface area contributed by atoms with E-state index in [0.717, 1.165) is 31.7 Å². The Labute approximate surface area is 175 Å². The Morgan fingerprint density at radius 1 is 1.07 bits per heavy atom. The van der Waals surface area contributed by atoms with Crippen LogP contribution >= 0.6 is 23.2 Å². The van der Waals surface area contributed by atoms with Crippen molar-refractivity contribution in [3.8, 4) is 5.69 Å². The quantitative estimate of drug-likeness (QED) is 0.741. The Morgan fingerprint density at radius 3 is 2.39 bits per heavy atom. The van der Waals surface area contributed by atoms with Crippen molar-refractivity contribution in [2.75, 3.05) is 31.1 Å². The van der Waals surface area contributed by atoms with Gasteiger partial charge in [-0.15, -0.1) is 0 Å². The average Bonchev–Trinajstić information content (AvgIpc) is 3.21. The van der Waals surface area contributed by atoms with Gasteiger partial charge in [-0.25, -0.2) is 4.98 Å². The average molecular weight is 421 g/mol. The summed E-state index contributed by atoms with van der Waals surface area (Å²) in [5, 5.41) is 0.787. The zero-order valence-corrected chi connectivity index (χ0v) is 17.9. The SMILES string of the molecule is Cc1nc(N2CCC(C)(N3CCCC3)CC2)cc(=O)n1-c1cccc(Cl)c1Cl. The summed E-state index contributed by atoms with van der Waals surface area (Å²) in [7, 11) is 0. The van der Waals surface area contributed by atoms with Crippen LogP contribution in [0, 0.1) is 6.92 Å². The smallest absolute Gasteiger partial charge is 0.260 e. The summed E-state index contributed by atoms with van der Waals surface area (Å²) in [5.41, 5.74) is 0.696. The normalized spacial score (nSPS) is 19.9. The van der Waals surface area contributed by atoms with Gasteiger partial charge in [-0.2, -0.15) is 0 Å².